The van der Waals surface area contributed by atoms with Crippen molar-refractivity contribution in [3.63, 3.8) is 0 Å². The van der Waals surface area contributed by atoms with Crippen LogP contribution in [-0.2, 0) is 5.41 Å². The summed E-state index contributed by atoms with van der Waals surface area (Å²) in [5.41, 5.74) is 22.8. The molecule has 0 saturated heterocycles. The number of fused-ring (bicyclic) bond motifs is 8. The number of hydrogen-bond acceptors (Lipinski definition) is 7. The number of rotatable bonds is 9. The van der Waals surface area contributed by atoms with Gasteiger partial charge in [-0.2, -0.15) is 4.98 Å². The average Bonchev–Trinajstić information content (AvgIpc) is 0.877. The summed E-state index contributed by atoms with van der Waals surface area (Å²) < 4.78 is 7.51. The van der Waals surface area contributed by atoms with Crippen LogP contribution >= 0.6 is 0 Å². The standard InChI is InChI=1S/C75H56B2N6O/c1-75(2,3)51-45-67-72-70(46-51)84-74-64(77(72)62-44-43-59(47-66(62)82(67)57-37-21-9-22-38-57)79(52-27-11-4-12-28-52)53-29-13-5-14-30-53)50-63-73(78-74)83(58-39-23-10-24-40-58)69-49-60(80(54-31-15-6-16-32-54)55-33-17-7-18-34-55)48-68-71(69)76(63)61-41-25-26-42-65(61)81(68)56-35-19-8-20-36-56/h4-50H,1-3H3. The third-order valence-corrected chi connectivity index (χ3v) is 17.1. The van der Waals surface area contributed by atoms with E-state index in [0.717, 1.165) is 108 Å². The van der Waals surface area contributed by atoms with Crippen molar-refractivity contribution in [2.24, 2.45) is 0 Å². The highest BCUT2D eigenvalue weighted by atomic mass is 16.5. The van der Waals surface area contributed by atoms with E-state index in [1.54, 1.807) is 0 Å². The summed E-state index contributed by atoms with van der Waals surface area (Å²) in [5, 5.41) is 0. The zero-order valence-electron chi connectivity index (χ0n) is 46.9. The maximum absolute atomic E-state index is 7.51. The number of benzene rings is 11. The molecule has 0 amide bonds. The van der Waals surface area contributed by atoms with Crippen molar-refractivity contribution in [3.05, 3.63) is 291 Å². The molecule has 16 rings (SSSR count). The van der Waals surface area contributed by atoms with Gasteiger partial charge in [-0.05, 0) is 171 Å². The lowest BCUT2D eigenvalue weighted by Gasteiger charge is -2.45. The second-order valence-corrected chi connectivity index (χ2v) is 23.1. The first kappa shape index (κ1) is 49.3. The third kappa shape index (κ3) is 7.94. The van der Waals surface area contributed by atoms with Crippen molar-refractivity contribution in [2.45, 2.75) is 26.2 Å². The van der Waals surface area contributed by atoms with Gasteiger partial charge < -0.3 is 24.3 Å². The Labute approximate surface area is 491 Å². The van der Waals surface area contributed by atoms with Crippen LogP contribution in [-0.4, -0.2) is 18.4 Å². The molecule has 0 bridgehead atoms. The van der Waals surface area contributed by atoms with E-state index in [1.807, 2.05) is 0 Å². The minimum absolute atomic E-state index is 0.212. The molecule has 0 atom stereocenters. The van der Waals surface area contributed by atoms with Gasteiger partial charge in [0.15, 0.2) is 0 Å². The molecule has 1 aromatic heterocycles. The summed E-state index contributed by atoms with van der Waals surface area (Å²) in [6, 6.07) is 103. The molecule has 0 aliphatic carbocycles. The highest BCUT2D eigenvalue weighted by molar-refractivity contribution is 7.02. The van der Waals surface area contributed by atoms with Gasteiger partial charge in [0.25, 0.3) is 13.4 Å². The van der Waals surface area contributed by atoms with E-state index >= 15 is 0 Å². The molecular formula is C75H56B2N6O. The van der Waals surface area contributed by atoms with Gasteiger partial charge in [0.2, 0.25) is 5.88 Å². The molecule has 0 fully saturated rings. The molecule has 12 aromatic rings. The van der Waals surface area contributed by atoms with Crippen LogP contribution in [0.4, 0.5) is 85.4 Å². The lowest BCUT2D eigenvalue weighted by atomic mass is 9.31. The summed E-state index contributed by atoms with van der Waals surface area (Å²) in [6.07, 6.45) is 0. The summed E-state index contributed by atoms with van der Waals surface area (Å²) >= 11 is 0. The van der Waals surface area contributed by atoms with Crippen LogP contribution in [0.2, 0.25) is 0 Å². The quantitative estimate of drug-likeness (QED) is 0.133. The van der Waals surface area contributed by atoms with Crippen LogP contribution in [0.1, 0.15) is 26.3 Å². The smallest absolute Gasteiger partial charge is 0.258 e. The highest BCUT2D eigenvalue weighted by Gasteiger charge is 2.49. The Balaban J connectivity index is 0.982. The molecule has 5 heterocycles. The second-order valence-electron chi connectivity index (χ2n) is 23.1. The van der Waals surface area contributed by atoms with Crippen LogP contribution < -0.4 is 62.0 Å². The summed E-state index contributed by atoms with van der Waals surface area (Å²) in [6.45, 7) is 6.42. The van der Waals surface area contributed by atoms with Gasteiger partial charge in [0.1, 0.15) is 11.6 Å². The Kier molecular flexibility index (Phi) is 11.5. The van der Waals surface area contributed by atoms with E-state index in [9.17, 15) is 0 Å². The molecule has 4 aliphatic heterocycles. The first-order valence-corrected chi connectivity index (χ1v) is 29.0. The molecule has 11 aromatic carbocycles. The third-order valence-electron chi connectivity index (χ3n) is 17.1. The molecule has 84 heavy (non-hydrogen) atoms. The molecule has 7 nitrogen and oxygen atoms in total. The molecule has 398 valence electrons. The lowest BCUT2D eigenvalue weighted by molar-refractivity contribution is 0.465. The van der Waals surface area contributed by atoms with Crippen molar-refractivity contribution in [2.75, 3.05) is 24.5 Å². The fraction of sp³-hybridized carbons (Fsp3) is 0.0533. The van der Waals surface area contributed by atoms with Crippen LogP contribution in [0.3, 0.4) is 0 Å². The molecular weight excluding hydrogens is 1020 g/mol. The SMILES string of the molecule is CC(C)(C)c1cc2c3c(c1)N(c1ccccc1)c1cc(N(c4ccccc4)c4ccccc4)ccc1B3c1cc3c(nc1O2)N(c1ccccc1)c1cc(N(c2ccccc2)c2ccccc2)cc2c1B3c1ccccc1N2c1ccccc1. The van der Waals surface area contributed by atoms with Gasteiger partial charge in [-0.25, -0.2) is 0 Å². The van der Waals surface area contributed by atoms with Gasteiger partial charge >= 0.3 is 0 Å². The van der Waals surface area contributed by atoms with Gasteiger partial charge in [0.05, 0.1) is 5.69 Å². The first-order chi connectivity index (χ1) is 41.3. The molecule has 9 heteroatoms. The number of anilines is 15. The van der Waals surface area contributed by atoms with Crippen molar-refractivity contribution < 1.29 is 4.74 Å². The monoisotopic (exact) mass is 1080 g/mol. The number of nitrogens with zero attached hydrogens (tertiary/aromatic N) is 6. The predicted octanol–water partition coefficient (Wildman–Crippen LogP) is 15.8. The number of aromatic nitrogens is 1. The Hall–Kier alpha value is -10.5. The van der Waals surface area contributed by atoms with E-state index in [-0.39, 0.29) is 18.8 Å². The van der Waals surface area contributed by atoms with Crippen molar-refractivity contribution >= 4 is 132 Å². The van der Waals surface area contributed by atoms with Crippen molar-refractivity contribution in [1.82, 2.24) is 4.98 Å². The van der Waals surface area contributed by atoms with E-state index in [1.165, 1.54) is 22.0 Å². The largest absolute Gasteiger partial charge is 0.440 e. The number of para-hydroxylation sites is 8. The van der Waals surface area contributed by atoms with Gasteiger partial charge in [0, 0.05) is 73.9 Å². The Morgan fingerprint density at radius 2 is 0.750 bits per heavy atom. The minimum atomic E-state index is -0.241. The summed E-state index contributed by atoms with van der Waals surface area (Å²) in [7, 11) is 0. The van der Waals surface area contributed by atoms with Gasteiger partial charge in [-0.1, -0.05) is 178 Å². The maximum atomic E-state index is 7.51. The van der Waals surface area contributed by atoms with E-state index in [2.05, 4.69) is 330 Å². The van der Waals surface area contributed by atoms with Gasteiger partial charge in [-0.3, -0.25) is 4.90 Å². The van der Waals surface area contributed by atoms with Gasteiger partial charge in [-0.15, -0.1) is 0 Å². The van der Waals surface area contributed by atoms with Crippen LogP contribution in [0.15, 0.2) is 285 Å². The summed E-state index contributed by atoms with van der Waals surface area (Å²) in [5.74, 6) is 2.26. The molecule has 0 N–H and O–H groups in total. The molecule has 4 aliphatic rings. The Morgan fingerprint density at radius 1 is 0.333 bits per heavy atom. The van der Waals surface area contributed by atoms with Crippen molar-refractivity contribution in [3.8, 4) is 11.6 Å². The molecule has 0 unspecified atom stereocenters. The first-order valence-electron chi connectivity index (χ1n) is 29.0. The Morgan fingerprint density at radius 3 is 1.29 bits per heavy atom. The second kappa shape index (κ2) is 19.6. The van der Waals surface area contributed by atoms with E-state index < -0.39 is 0 Å². The summed E-state index contributed by atoms with van der Waals surface area (Å²) in [4.78, 5) is 18.1. The fourth-order valence-electron chi connectivity index (χ4n) is 13.4. The van der Waals surface area contributed by atoms with E-state index in [4.69, 9.17) is 9.72 Å². The fourth-order valence-corrected chi connectivity index (χ4v) is 13.4. The Bertz CT molecular complexity index is 4400. The minimum Gasteiger partial charge on any atom is -0.440 e. The number of pyridine rings is 1. The molecule has 0 spiro atoms. The number of hydrogen-bond donors (Lipinski definition) is 0. The number of ether oxygens (including phenoxy) is 1. The van der Waals surface area contributed by atoms with Crippen molar-refractivity contribution in [1.29, 1.82) is 0 Å². The van der Waals surface area contributed by atoms with Crippen LogP contribution in [0.25, 0.3) is 0 Å². The maximum Gasteiger partial charge on any atom is 0.258 e. The molecule has 0 radical (unpaired) electrons. The van der Waals surface area contributed by atoms with E-state index in [0.29, 0.717) is 5.88 Å². The highest BCUT2D eigenvalue weighted by Crippen LogP contribution is 2.50. The zero-order chi connectivity index (χ0) is 56.0. The average molecular weight is 1080 g/mol. The predicted molar refractivity (Wildman–Crippen MR) is 352 cm³/mol. The molecule has 0 saturated carbocycles. The topological polar surface area (TPSA) is 38.3 Å². The zero-order valence-corrected chi connectivity index (χ0v) is 46.9. The lowest BCUT2D eigenvalue weighted by Crippen LogP contribution is -2.64. The normalized spacial score (nSPS) is 13.2. The van der Waals surface area contributed by atoms with Crippen LogP contribution in [0.5, 0.6) is 11.6 Å². The van der Waals surface area contributed by atoms with Crippen LogP contribution in [0, 0.1) is 0 Å².